The molecule has 0 fully saturated rings. The Kier molecular flexibility index (Phi) is 3.77. The molecule has 3 N–H and O–H groups in total. The molecular formula is C12H13N3O3S. The number of nitrogens with two attached hydrogens (primary N) is 1. The number of para-hydroxylation sites is 1. The molecule has 7 heteroatoms. The van der Waals surface area contributed by atoms with Crippen LogP contribution in [0.4, 0.5) is 0 Å². The van der Waals surface area contributed by atoms with Gasteiger partial charge in [-0.15, -0.1) is 0 Å². The maximum atomic E-state index is 12.4. The lowest BCUT2D eigenvalue weighted by molar-refractivity contribution is -0.122. The quantitative estimate of drug-likeness (QED) is 0.807. The number of hydrogen-bond donors (Lipinski definition) is 2. The second kappa shape index (κ2) is 5.33. The smallest absolute Gasteiger partial charge is 0.262 e. The molecule has 1 atom stereocenters. The number of carbonyl (C=O) groups is 1. The summed E-state index contributed by atoms with van der Waals surface area (Å²) < 4.78 is 6.22. The minimum Gasteiger partial charge on any atom is -0.382 e. The first kappa shape index (κ1) is 13.4. The fourth-order valence-electron chi connectivity index (χ4n) is 1.90. The van der Waals surface area contributed by atoms with Gasteiger partial charge in [-0.1, -0.05) is 12.1 Å². The van der Waals surface area contributed by atoms with Crippen molar-refractivity contribution in [2.45, 2.75) is 6.04 Å². The normalized spacial score (nSPS) is 12.5. The van der Waals surface area contributed by atoms with Crippen LogP contribution in [-0.2, 0) is 9.53 Å². The Morgan fingerprint density at radius 3 is 2.84 bits per heavy atom. The summed E-state index contributed by atoms with van der Waals surface area (Å²) in [5, 5.41) is 0.443. The predicted molar refractivity (Wildman–Crippen MR) is 73.5 cm³/mol. The van der Waals surface area contributed by atoms with Crippen molar-refractivity contribution < 1.29 is 9.53 Å². The van der Waals surface area contributed by atoms with Crippen molar-refractivity contribution in [1.82, 2.24) is 9.55 Å². The number of aromatic nitrogens is 2. The molecule has 0 bridgehead atoms. The third-order valence-electron chi connectivity index (χ3n) is 2.80. The molecule has 19 heavy (non-hydrogen) atoms. The van der Waals surface area contributed by atoms with Crippen LogP contribution < -0.4 is 11.3 Å². The Morgan fingerprint density at radius 2 is 2.21 bits per heavy atom. The third-order valence-corrected chi connectivity index (χ3v) is 3.10. The monoisotopic (exact) mass is 279 g/mol. The molecule has 1 amide bonds. The van der Waals surface area contributed by atoms with E-state index in [1.165, 1.54) is 7.11 Å². The van der Waals surface area contributed by atoms with E-state index in [4.69, 9.17) is 22.7 Å². The number of benzene rings is 1. The molecule has 0 spiro atoms. The molecule has 0 radical (unpaired) electrons. The molecule has 1 aromatic carbocycles. The molecule has 2 rings (SSSR count). The van der Waals surface area contributed by atoms with Crippen LogP contribution in [0.15, 0.2) is 29.1 Å². The van der Waals surface area contributed by atoms with Gasteiger partial charge in [0, 0.05) is 7.11 Å². The van der Waals surface area contributed by atoms with Gasteiger partial charge in [-0.2, -0.15) is 0 Å². The zero-order valence-corrected chi connectivity index (χ0v) is 11.1. The fraction of sp³-hybridized carbons (Fsp3) is 0.250. The van der Waals surface area contributed by atoms with Gasteiger partial charge in [0.2, 0.25) is 5.91 Å². The zero-order chi connectivity index (χ0) is 14.0. The fourth-order valence-corrected chi connectivity index (χ4v) is 2.22. The Morgan fingerprint density at radius 1 is 1.53 bits per heavy atom. The summed E-state index contributed by atoms with van der Waals surface area (Å²) in [6.07, 6.45) is 0. The highest BCUT2D eigenvalue weighted by Gasteiger charge is 2.21. The van der Waals surface area contributed by atoms with Gasteiger partial charge >= 0.3 is 0 Å². The van der Waals surface area contributed by atoms with E-state index in [2.05, 4.69) is 4.98 Å². The number of primary amides is 1. The van der Waals surface area contributed by atoms with Crippen LogP contribution in [0.2, 0.25) is 0 Å². The first-order chi connectivity index (χ1) is 9.06. The number of nitrogens with one attached hydrogen (secondary N) is 1. The minimum absolute atomic E-state index is 0.00887. The van der Waals surface area contributed by atoms with Crippen LogP contribution in [0.25, 0.3) is 10.9 Å². The molecule has 1 unspecified atom stereocenters. The predicted octanol–water partition coefficient (Wildman–Crippen LogP) is 0.732. The van der Waals surface area contributed by atoms with Crippen LogP contribution in [-0.4, -0.2) is 29.2 Å². The molecule has 0 aliphatic carbocycles. The lowest BCUT2D eigenvalue weighted by atomic mass is 10.2. The second-order valence-electron chi connectivity index (χ2n) is 4.02. The van der Waals surface area contributed by atoms with Crippen LogP contribution in [0.1, 0.15) is 6.04 Å². The average molecular weight is 279 g/mol. The maximum Gasteiger partial charge on any atom is 0.262 e. The van der Waals surface area contributed by atoms with Crippen molar-refractivity contribution in [1.29, 1.82) is 0 Å². The number of aromatic amines is 1. The van der Waals surface area contributed by atoms with Gasteiger partial charge in [0.15, 0.2) is 4.77 Å². The first-order valence-corrected chi connectivity index (χ1v) is 5.99. The summed E-state index contributed by atoms with van der Waals surface area (Å²) >= 11 is 5.12. The van der Waals surface area contributed by atoms with E-state index in [0.717, 1.165) is 4.57 Å². The van der Waals surface area contributed by atoms with Crippen molar-refractivity contribution in [3.05, 3.63) is 39.4 Å². The topological polar surface area (TPSA) is 90.1 Å². The van der Waals surface area contributed by atoms with Gasteiger partial charge in [-0.05, 0) is 24.4 Å². The number of methoxy groups -OCH3 is 1. The average Bonchev–Trinajstić information content (AvgIpc) is 2.37. The molecule has 2 aromatic rings. The number of hydrogen-bond acceptors (Lipinski definition) is 4. The summed E-state index contributed by atoms with van der Waals surface area (Å²) in [6, 6.07) is 6.00. The summed E-state index contributed by atoms with van der Waals surface area (Å²) in [6.45, 7) is -0.00887. The summed E-state index contributed by atoms with van der Waals surface area (Å²) in [5.41, 5.74) is 5.56. The van der Waals surface area contributed by atoms with Crippen molar-refractivity contribution in [2.24, 2.45) is 5.73 Å². The SMILES string of the molecule is COCC(C(N)=O)n1c(=S)[nH]c2ccccc2c1=O. The molecule has 1 aromatic heterocycles. The maximum absolute atomic E-state index is 12.4. The molecule has 0 saturated carbocycles. The zero-order valence-electron chi connectivity index (χ0n) is 10.3. The van der Waals surface area contributed by atoms with E-state index >= 15 is 0 Å². The molecule has 0 aliphatic rings. The van der Waals surface area contributed by atoms with Crippen molar-refractivity contribution in [2.75, 3.05) is 13.7 Å². The standard InChI is InChI=1S/C12H13N3O3S/c1-18-6-9(10(13)16)15-11(17)7-4-2-3-5-8(7)14-12(15)19/h2-5,9H,6H2,1H3,(H2,13,16)(H,14,19). The molecule has 100 valence electrons. The second-order valence-corrected chi connectivity index (χ2v) is 4.41. The van der Waals surface area contributed by atoms with Crippen molar-refractivity contribution >= 4 is 29.0 Å². The molecule has 0 aliphatic heterocycles. The summed E-state index contributed by atoms with van der Waals surface area (Å²) in [7, 11) is 1.43. The number of nitrogens with zero attached hydrogens (tertiary/aromatic N) is 1. The Hall–Kier alpha value is -1.99. The molecular weight excluding hydrogens is 266 g/mol. The van der Waals surface area contributed by atoms with E-state index in [-0.39, 0.29) is 16.9 Å². The summed E-state index contributed by atoms with van der Waals surface area (Å²) in [4.78, 5) is 26.7. The lowest BCUT2D eigenvalue weighted by Crippen LogP contribution is -2.37. The van der Waals surface area contributed by atoms with Gasteiger partial charge in [-0.3, -0.25) is 14.2 Å². The first-order valence-electron chi connectivity index (χ1n) is 5.58. The van der Waals surface area contributed by atoms with E-state index in [9.17, 15) is 9.59 Å². The highest BCUT2D eigenvalue weighted by Crippen LogP contribution is 2.10. The number of carbonyl (C=O) groups excluding carboxylic acids is 1. The Labute approximate surface area is 113 Å². The van der Waals surface area contributed by atoms with Gasteiger partial charge in [0.25, 0.3) is 5.56 Å². The van der Waals surface area contributed by atoms with Crippen molar-refractivity contribution in [3.63, 3.8) is 0 Å². The Balaban J connectivity index is 2.76. The van der Waals surface area contributed by atoms with Crippen LogP contribution in [0, 0.1) is 4.77 Å². The highest BCUT2D eigenvalue weighted by atomic mass is 32.1. The third kappa shape index (κ3) is 2.42. The van der Waals surface area contributed by atoms with E-state index in [1.807, 2.05) is 0 Å². The van der Waals surface area contributed by atoms with Crippen LogP contribution in [0.3, 0.4) is 0 Å². The van der Waals surface area contributed by atoms with Gasteiger partial charge in [-0.25, -0.2) is 0 Å². The van der Waals surface area contributed by atoms with Crippen LogP contribution in [0.5, 0.6) is 0 Å². The van der Waals surface area contributed by atoms with Crippen molar-refractivity contribution in [3.8, 4) is 0 Å². The number of amides is 1. The number of H-pyrrole nitrogens is 1. The number of ether oxygens (including phenoxy) is 1. The van der Waals surface area contributed by atoms with E-state index < -0.39 is 11.9 Å². The van der Waals surface area contributed by atoms with Gasteiger partial charge < -0.3 is 15.5 Å². The highest BCUT2D eigenvalue weighted by molar-refractivity contribution is 7.71. The van der Waals surface area contributed by atoms with E-state index in [0.29, 0.717) is 10.9 Å². The number of rotatable bonds is 4. The van der Waals surface area contributed by atoms with Crippen LogP contribution >= 0.6 is 12.2 Å². The largest absolute Gasteiger partial charge is 0.382 e. The molecule has 1 heterocycles. The molecule has 0 saturated heterocycles. The Bertz CT molecular complexity index is 735. The number of fused-ring (bicyclic) bond motifs is 1. The molecule has 6 nitrogen and oxygen atoms in total. The van der Waals surface area contributed by atoms with Gasteiger partial charge in [0.1, 0.15) is 6.04 Å². The van der Waals surface area contributed by atoms with E-state index in [1.54, 1.807) is 24.3 Å². The van der Waals surface area contributed by atoms with Gasteiger partial charge in [0.05, 0.1) is 17.5 Å². The lowest BCUT2D eigenvalue weighted by Gasteiger charge is -2.16. The minimum atomic E-state index is -0.925. The summed E-state index contributed by atoms with van der Waals surface area (Å²) in [5.74, 6) is -0.668.